The molecule has 0 bridgehead atoms. The fraction of sp³-hybridized carbons (Fsp3) is 0.364. The lowest BCUT2D eigenvalue weighted by Gasteiger charge is -2.11. The molecule has 4 heteroatoms. The summed E-state index contributed by atoms with van der Waals surface area (Å²) in [5, 5.41) is 5.84. The van der Waals surface area contributed by atoms with Gasteiger partial charge in [0, 0.05) is 23.4 Å². The largest absolute Gasteiger partial charge is 0.326 e. The van der Waals surface area contributed by atoms with E-state index in [1.54, 1.807) is 12.1 Å². The van der Waals surface area contributed by atoms with Gasteiger partial charge in [-0.25, -0.2) is 0 Å². The number of aryl methyl sites for hydroxylation is 1. The van der Waals surface area contributed by atoms with E-state index in [0.29, 0.717) is 12.0 Å². The van der Waals surface area contributed by atoms with E-state index in [0.717, 1.165) is 29.8 Å². The van der Waals surface area contributed by atoms with Crippen molar-refractivity contribution in [2.75, 3.05) is 10.6 Å². The van der Waals surface area contributed by atoms with E-state index >= 15 is 0 Å². The third kappa shape index (κ3) is 6.36. The molecule has 138 valence electrons. The lowest BCUT2D eigenvalue weighted by molar-refractivity contribution is -0.116. The first-order valence-electron chi connectivity index (χ1n) is 9.37. The Morgan fingerprint density at radius 2 is 1.62 bits per heavy atom. The van der Waals surface area contributed by atoms with Gasteiger partial charge in [0.05, 0.1) is 0 Å². The molecule has 2 rings (SSSR count). The normalized spacial score (nSPS) is 10.4. The van der Waals surface area contributed by atoms with Crippen molar-refractivity contribution in [1.29, 1.82) is 0 Å². The van der Waals surface area contributed by atoms with Crippen LogP contribution in [-0.4, -0.2) is 11.8 Å². The molecule has 0 saturated carbocycles. The van der Waals surface area contributed by atoms with Gasteiger partial charge in [0.15, 0.2) is 0 Å². The van der Waals surface area contributed by atoms with E-state index in [9.17, 15) is 9.59 Å². The molecule has 0 aromatic heterocycles. The van der Waals surface area contributed by atoms with Crippen molar-refractivity contribution in [3.05, 3.63) is 59.7 Å². The van der Waals surface area contributed by atoms with Crippen molar-refractivity contribution in [1.82, 2.24) is 0 Å². The Balaban J connectivity index is 1.86. The van der Waals surface area contributed by atoms with Crippen molar-refractivity contribution < 1.29 is 9.59 Å². The van der Waals surface area contributed by atoms with E-state index in [-0.39, 0.29) is 11.8 Å². The zero-order chi connectivity index (χ0) is 18.8. The molecule has 2 aromatic carbocycles. The lowest BCUT2D eigenvalue weighted by atomic mass is 10.1. The number of carbonyl (C=O) groups excluding carboxylic acids is 2. The molecule has 0 unspecified atom stereocenters. The molecule has 4 nitrogen and oxygen atoms in total. The first kappa shape index (κ1) is 19.7. The summed E-state index contributed by atoms with van der Waals surface area (Å²) in [4.78, 5) is 24.3. The highest BCUT2D eigenvalue weighted by Crippen LogP contribution is 2.21. The average molecular weight is 352 g/mol. The van der Waals surface area contributed by atoms with Gasteiger partial charge in [0.25, 0.3) is 5.91 Å². The first-order valence-corrected chi connectivity index (χ1v) is 9.37. The van der Waals surface area contributed by atoms with Crippen molar-refractivity contribution in [3.8, 4) is 0 Å². The second kappa shape index (κ2) is 10.4. The summed E-state index contributed by atoms with van der Waals surface area (Å²) >= 11 is 0. The number of unbranched alkanes of at least 4 members (excludes halogenated alkanes) is 4. The van der Waals surface area contributed by atoms with Crippen molar-refractivity contribution >= 4 is 23.2 Å². The molecule has 26 heavy (non-hydrogen) atoms. The smallest absolute Gasteiger partial charge is 0.255 e. The minimum atomic E-state index is -0.141. The van der Waals surface area contributed by atoms with E-state index in [1.165, 1.54) is 19.3 Å². The van der Waals surface area contributed by atoms with Crippen LogP contribution in [0.2, 0.25) is 0 Å². The Labute approximate surface area is 156 Å². The van der Waals surface area contributed by atoms with Crippen LogP contribution in [0.5, 0.6) is 0 Å². The standard InChI is InChI=1S/C22H28N2O2/c1-3-4-5-6-10-13-21(25)23-19-14-15-20(17(2)16-19)24-22(26)18-11-8-7-9-12-18/h7-9,11-12,14-16H,3-6,10,13H2,1-2H3,(H,23,25)(H,24,26). The third-order valence-electron chi connectivity index (χ3n) is 4.30. The highest BCUT2D eigenvalue weighted by molar-refractivity contribution is 6.04. The number of nitrogens with one attached hydrogen (secondary N) is 2. The molecule has 2 aromatic rings. The van der Waals surface area contributed by atoms with E-state index in [1.807, 2.05) is 43.3 Å². The summed E-state index contributed by atoms with van der Waals surface area (Å²) in [5.74, 6) is -0.0977. The van der Waals surface area contributed by atoms with Gasteiger partial charge in [-0.05, 0) is 49.2 Å². The summed E-state index contributed by atoms with van der Waals surface area (Å²) in [6.07, 6.45) is 6.21. The molecule has 0 atom stereocenters. The Bertz CT molecular complexity index is 726. The quantitative estimate of drug-likeness (QED) is 0.582. The Morgan fingerprint density at radius 1 is 0.885 bits per heavy atom. The second-order valence-corrected chi connectivity index (χ2v) is 6.56. The van der Waals surface area contributed by atoms with E-state index < -0.39 is 0 Å². The van der Waals surface area contributed by atoms with Gasteiger partial charge in [-0.2, -0.15) is 0 Å². The number of amides is 2. The molecule has 0 fully saturated rings. The maximum atomic E-state index is 12.2. The van der Waals surface area contributed by atoms with Gasteiger partial charge in [-0.15, -0.1) is 0 Å². The van der Waals surface area contributed by atoms with Gasteiger partial charge in [0.1, 0.15) is 0 Å². The van der Waals surface area contributed by atoms with E-state index in [2.05, 4.69) is 17.6 Å². The highest BCUT2D eigenvalue weighted by Gasteiger charge is 2.08. The van der Waals surface area contributed by atoms with Crippen LogP contribution in [0.1, 0.15) is 61.4 Å². The Hall–Kier alpha value is -2.62. The van der Waals surface area contributed by atoms with Gasteiger partial charge >= 0.3 is 0 Å². The van der Waals surface area contributed by atoms with Gasteiger partial charge in [-0.1, -0.05) is 50.8 Å². The molecule has 0 spiro atoms. The van der Waals surface area contributed by atoms with Crippen LogP contribution in [0.3, 0.4) is 0 Å². The Morgan fingerprint density at radius 3 is 2.31 bits per heavy atom. The number of anilines is 2. The number of hydrogen-bond acceptors (Lipinski definition) is 2. The minimum Gasteiger partial charge on any atom is -0.326 e. The van der Waals surface area contributed by atoms with Crippen LogP contribution in [0, 0.1) is 6.92 Å². The summed E-state index contributed by atoms with van der Waals surface area (Å²) in [6.45, 7) is 4.10. The first-order chi connectivity index (χ1) is 12.6. The highest BCUT2D eigenvalue weighted by atomic mass is 16.2. The lowest BCUT2D eigenvalue weighted by Crippen LogP contribution is -2.14. The van der Waals surface area contributed by atoms with Crippen molar-refractivity contribution in [3.63, 3.8) is 0 Å². The number of benzene rings is 2. The maximum absolute atomic E-state index is 12.2. The molecular formula is C22H28N2O2. The number of hydrogen-bond donors (Lipinski definition) is 2. The molecule has 0 aliphatic rings. The molecule has 2 amide bonds. The zero-order valence-corrected chi connectivity index (χ0v) is 15.7. The monoisotopic (exact) mass is 352 g/mol. The number of rotatable bonds is 9. The van der Waals surface area contributed by atoms with Crippen LogP contribution in [0.15, 0.2) is 48.5 Å². The van der Waals surface area contributed by atoms with Crippen molar-refractivity contribution in [2.24, 2.45) is 0 Å². The molecule has 0 saturated heterocycles. The second-order valence-electron chi connectivity index (χ2n) is 6.56. The summed E-state index contributed by atoms with van der Waals surface area (Å²) < 4.78 is 0. The van der Waals surface area contributed by atoms with Gasteiger partial charge < -0.3 is 10.6 Å². The molecule has 0 heterocycles. The zero-order valence-electron chi connectivity index (χ0n) is 15.7. The van der Waals surface area contributed by atoms with Gasteiger partial charge in [-0.3, -0.25) is 9.59 Å². The predicted octanol–water partition coefficient (Wildman–Crippen LogP) is 5.55. The SMILES string of the molecule is CCCCCCCC(=O)Nc1ccc(NC(=O)c2ccccc2)c(C)c1. The molecule has 0 aliphatic heterocycles. The summed E-state index contributed by atoms with van der Waals surface area (Å²) in [6, 6.07) is 14.6. The average Bonchev–Trinajstić information content (AvgIpc) is 2.64. The fourth-order valence-electron chi connectivity index (χ4n) is 2.78. The number of carbonyl (C=O) groups is 2. The van der Waals surface area contributed by atoms with Crippen molar-refractivity contribution in [2.45, 2.75) is 52.4 Å². The third-order valence-corrected chi connectivity index (χ3v) is 4.30. The Kier molecular flexibility index (Phi) is 7.87. The molecular weight excluding hydrogens is 324 g/mol. The molecule has 2 N–H and O–H groups in total. The van der Waals surface area contributed by atoms with Gasteiger partial charge in [0.2, 0.25) is 5.91 Å². The molecule has 0 aliphatic carbocycles. The van der Waals surface area contributed by atoms with Crippen LogP contribution >= 0.6 is 0 Å². The molecule has 0 radical (unpaired) electrons. The predicted molar refractivity (Wildman–Crippen MR) is 108 cm³/mol. The van der Waals surface area contributed by atoms with Crippen LogP contribution in [0.25, 0.3) is 0 Å². The van der Waals surface area contributed by atoms with Crippen LogP contribution in [-0.2, 0) is 4.79 Å². The maximum Gasteiger partial charge on any atom is 0.255 e. The fourth-order valence-corrected chi connectivity index (χ4v) is 2.78. The summed E-state index contributed by atoms with van der Waals surface area (Å²) in [5.41, 5.74) is 3.04. The van der Waals surface area contributed by atoms with Crippen LogP contribution in [0.4, 0.5) is 11.4 Å². The minimum absolute atomic E-state index is 0.0435. The van der Waals surface area contributed by atoms with E-state index in [4.69, 9.17) is 0 Å². The topological polar surface area (TPSA) is 58.2 Å². The van der Waals surface area contributed by atoms with Crippen LogP contribution < -0.4 is 10.6 Å². The summed E-state index contributed by atoms with van der Waals surface area (Å²) in [7, 11) is 0.